The number of methoxy groups -OCH3 is 1. The van der Waals surface area contributed by atoms with Crippen molar-refractivity contribution in [1.82, 2.24) is 10.2 Å². The van der Waals surface area contributed by atoms with Gasteiger partial charge in [-0.3, -0.25) is 4.79 Å². The van der Waals surface area contributed by atoms with E-state index >= 15 is 0 Å². The Balaban J connectivity index is 1.69. The second kappa shape index (κ2) is 9.48. The molecule has 1 atom stereocenters. The van der Waals surface area contributed by atoms with E-state index in [-0.39, 0.29) is 30.9 Å². The summed E-state index contributed by atoms with van der Waals surface area (Å²) in [6.07, 6.45) is 0.128. The number of nitrogens with one attached hydrogen (secondary N) is 2. The number of halogens is 2. The van der Waals surface area contributed by atoms with Crippen LogP contribution in [-0.4, -0.2) is 44.1 Å². The third-order valence-electron chi connectivity index (χ3n) is 4.91. The number of carbonyl (C=O) groups excluding carboxylic acids is 2. The van der Waals surface area contributed by atoms with Crippen molar-refractivity contribution >= 4 is 40.9 Å². The number of hydrogen-bond acceptors (Lipinski definition) is 4. The van der Waals surface area contributed by atoms with Crippen molar-refractivity contribution < 1.29 is 14.3 Å². The highest BCUT2D eigenvalue weighted by molar-refractivity contribution is 6.35. The predicted octanol–water partition coefficient (Wildman–Crippen LogP) is 4.26. The number of anilines is 1. The van der Waals surface area contributed by atoms with Crippen LogP contribution in [0.2, 0.25) is 10.0 Å². The summed E-state index contributed by atoms with van der Waals surface area (Å²) in [7, 11) is 3.38. The van der Waals surface area contributed by atoms with Gasteiger partial charge in [0.2, 0.25) is 0 Å². The second-order valence-electron chi connectivity index (χ2n) is 7.03. The fourth-order valence-corrected chi connectivity index (χ4v) is 4.05. The molecule has 2 N–H and O–H groups in total. The van der Waals surface area contributed by atoms with Crippen molar-refractivity contribution in [3.8, 4) is 0 Å². The molecule has 8 heteroatoms. The topological polar surface area (TPSA) is 70.7 Å². The van der Waals surface area contributed by atoms with Crippen LogP contribution in [0.4, 0.5) is 10.5 Å². The van der Waals surface area contributed by atoms with E-state index in [0.717, 1.165) is 29.8 Å². The number of urea groups is 1. The number of esters is 1. The van der Waals surface area contributed by atoms with Crippen LogP contribution < -0.4 is 10.6 Å². The smallest absolute Gasteiger partial charge is 0.319 e. The molecule has 0 saturated carbocycles. The summed E-state index contributed by atoms with van der Waals surface area (Å²) in [4.78, 5) is 25.2. The second-order valence-corrected chi connectivity index (χ2v) is 7.88. The minimum atomic E-state index is -0.372. The Hall–Kier alpha value is -2.28. The van der Waals surface area contributed by atoms with Crippen molar-refractivity contribution in [3.05, 3.63) is 63.1 Å². The van der Waals surface area contributed by atoms with Crippen molar-refractivity contribution in [2.24, 2.45) is 0 Å². The molecule has 3 rings (SSSR count). The zero-order valence-electron chi connectivity index (χ0n) is 16.3. The summed E-state index contributed by atoms with van der Waals surface area (Å²) >= 11 is 12.7. The number of ether oxygens (including phenoxy) is 1. The number of hydrogen-bond donors (Lipinski definition) is 2. The number of benzene rings is 2. The molecule has 1 aliphatic heterocycles. The van der Waals surface area contributed by atoms with Gasteiger partial charge in [0.25, 0.3) is 0 Å². The molecule has 0 spiro atoms. The van der Waals surface area contributed by atoms with Gasteiger partial charge in [0.15, 0.2) is 0 Å². The maximum Gasteiger partial charge on any atom is 0.319 e. The molecular weight excluding hydrogens is 413 g/mol. The molecule has 0 saturated heterocycles. The molecule has 2 aromatic carbocycles. The van der Waals surface area contributed by atoms with Crippen molar-refractivity contribution in [1.29, 1.82) is 0 Å². The molecule has 1 aliphatic rings. The molecule has 2 amide bonds. The van der Waals surface area contributed by atoms with E-state index in [1.165, 1.54) is 7.11 Å². The van der Waals surface area contributed by atoms with Gasteiger partial charge in [-0.1, -0.05) is 35.3 Å². The summed E-state index contributed by atoms with van der Waals surface area (Å²) < 4.78 is 4.54. The van der Waals surface area contributed by atoms with E-state index in [2.05, 4.69) is 27.3 Å². The van der Waals surface area contributed by atoms with Gasteiger partial charge in [0.05, 0.1) is 13.5 Å². The van der Waals surface area contributed by atoms with Crippen LogP contribution in [0.1, 0.15) is 29.0 Å². The minimum Gasteiger partial charge on any atom is -0.469 e. The van der Waals surface area contributed by atoms with Gasteiger partial charge in [0.1, 0.15) is 0 Å². The SMILES string of the molecule is COC(=O)CCNC(=O)Nc1ccc(C2CN(C)Cc3c(Cl)cc(Cl)cc32)cc1. The number of fused-ring (bicyclic) bond motifs is 1. The summed E-state index contributed by atoms with van der Waals surface area (Å²) in [5, 5.41) is 6.69. The van der Waals surface area contributed by atoms with Crippen molar-refractivity contribution in [2.75, 3.05) is 32.6 Å². The van der Waals surface area contributed by atoms with Gasteiger partial charge < -0.3 is 20.3 Å². The van der Waals surface area contributed by atoms with Gasteiger partial charge >= 0.3 is 12.0 Å². The quantitative estimate of drug-likeness (QED) is 0.688. The van der Waals surface area contributed by atoms with E-state index in [1.807, 2.05) is 30.3 Å². The molecule has 154 valence electrons. The molecule has 0 radical (unpaired) electrons. The van der Waals surface area contributed by atoms with Crippen LogP contribution in [0.25, 0.3) is 0 Å². The fourth-order valence-electron chi connectivity index (χ4n) is 3.48. The predicted molar refractivity (Wildman–Crippen MR) is 115 cm³/mol. The molecule has 0 bridgehead atoms. The Kier molecular flexibility index (Phi) is 7.00. The zero-order chi connectivity index (χ0) is 21.0. The minimum absolute atomic E-state index is 0.128. The summed E-state index contributed by atoms with van der Waals surface area (Å²) in [5.41, 5.74) is 4.02. The van der Waals surface area contributed by atoms with Crippen LogP contribution in [0, 0.1) is 0 Å². The molecule has 0 aromatic heterocycles. The lowest BCUT2D eigenvalue weighted by Gasteiger charge is -2.33. The van der Waals surface area contributed by atoms with E-state index in [4.69, 9.17) is 23.2 Å². The maximum absolute atomic E-state index is 11.9. The summed E-state index contributed by atoms with van der Waals surface area (Å²) in [6.45, 7) is 1.85. The average molecular weight is 436 g/mol. The number of amides is 2. The molecular formula is C21H23Cl2N3O3. The van der Waals surface area contributed by atoms with E-state index in [1.54, 1.807) is 6.07 Å². The van der Waals surface area contributed by atoms with Crippen LogP contribution >= 0.6 is 23.2 Å². The van der Waals surface area contributed by atoms with E-state index < -0.39 is 0 Å². The number of nitrogens with zero attached hydrogens (tertiary/aromatic N) is 1. The Labute approximate surface area is 180 Å². The molecule has 2 aromatic rings. The molecule has 29 heavy (non-hydrogen) atoms. The van der Waals surface area contributed by atoms with Gasteiger partial charge in [0, 0.05) is 41.3 Å². The lowest BCUT2D eigenvalue weighted by atomic mass is 9.85. The Morgan fingerprint density at radius 1 is 1.21 bits per heavy atom. The van der Waals surface area contributed by atoms with Gasteiger partial charge in [-0.15, -0.1) is 0 Å². The first-order valence-electron chi connectivity index (χ1n) is 9.25. The first-order valence-corrected chi connectivity index (χ1v) is 10.0. The van der Waals surface area contributed by atoms with Crippen molar-refractivity contribution in [2.45, 2.75) is 18.9 Å². The monoisotopic (exact) mass is 435 g/mol. The van der Waals surface area contributed by atoms with E-state index in [0.29, 0.717) is 15.7 Å². The van der Waals surface area contributed by atoms with Crippen LogP contribution in [0.3, 0.4) is 0 Å². The highest BCUT2D eigenvalue weighted by atomic mass is 35.5. The number of likely N-dealkylation sites (N-methyl/N-ethyl adjacent to an activating group) is 1. The number of carbonyl (C=O) groups is 2. The average Bonchev–Trinajstić information content (AvgIpc) is 2.68. The zero-order valence-corrected chi connectivity index (χ0v) is 17.8. The lowest BCUT2D eigenvalue weighted by Crippen LogP contribution is -2.31. The number of rotatable bonds is 5. The standard InChI is InChI=1S/C21H23Cl2N3O3/c1-26-11-17(16-9-14(22)10-19(23)18(16)12-26)13-3-5-15(6-4-13)25-21(28)24-8-7-20(27)29-2/h3-6,9-10,17H,7-8,11-12H2,1-2H3,(H2,24,25,28). The maximum atomic E-state index is 11.9. The highest BCUT2D eigenvalue weighted by Crippen LogP contribution is 2.38. The first kappa shape index (κ1) is 21.4. The fraction of sp³-hybridized carbons (Fsp3) is 0.333. The van der Waals surface area contributed by atoms with Crippen LogP contribution in [-0.2, 0) is 16.1 Å². The van der Waals surface area contributed by atoms with Gasteiger partial charge in [-0.05, 0) is 48.0 Å². The summed E-state index contributed by atoms with van der Waals surface area (Å²) in [6, 6.07) is 11.1. The van der Waals surface area contributed by atoms with Gasteiger partial charge in [-0.2, -0.15) is 0 Å². The third kappa shape index (κ3) is 5.41. The van der Waals surface area contributed by atoms with Crippen LogP contribution in [0.5, 0.6) is 0 Å². The Morgan fingerprint density at radius 3 is 2.62 bits per heavy atom. The highest BCUT2D eigenvalue weighted by Gasteiger charge is 2.27. The first-order chi connectivity index (χ1) is 13.9. The Bertz CT molecular complexity index is 903. The largest absolute Gasteiger partial charge is 0.469 e. The van der Waals surface area contributed by atoms with Crippen molar-refractivity contribution in [3.63, 3.8) is 0 Å². The molecule has 6 nitrogen and oxygen atoms in total. The Morgan fingerprint density at radius 2 is 1.93 bits per heavy atom. The van der Waals surface area contributed by atoms with Crippen LogP contribution in [0.15, 0.2) is 36.4 Å². The molecule has 0 fully saturated rings. The lowest BCUT2D eigenvalue weighted by molar-refractivity contribution is -0.140. The molecule has 1 unspecified atom stereocenters. The van der Waals surface area contributed by atoms with Gasteiger partial charge in [-0.25, -0.2) is 4.79 Å². The summed E-state index contributed by atoms with van der Waals surface area (Å²) in [5.74, 6) is -0.226. The normalized spacial score (nSPS) is 16.1. The van der Waals surface area contributed by atoms with E-state index in [9.17, 15) is 9.59 Å². The molecule has 0 aliphatic carbocycles. The molecule has 1 heterocycles. The third-order valence-corrected chi connectivity index (χ3v) is 5.46.